The molecule has 1 aromatic rings. The molecule has 1 aliphatic rings. The maximum atomic E-state index is 11.7. The summed E-state index contributed by atoms with van der Waals surface area (Å²) in [5.41, 5.74) is 0. The Bertz CT molecular complexity index is 404. The first-order chi connectivity index (χ1) is 6.10. The number of halogens is 1. The third-order valence-electron chi connectivity index (χ3n) is 2.11. The lowest BCUT2D eigenvalue weighted by Crippen LogP contribution is -2.06. The summed E-state index contributed by atoms with van der Waals surface area (Å²) in [4.78, 5) is 0.388. The lowest BCUT2D eigenvalue weighted by molar-refractivity contribution is 0.595. The van der Waals surface area contributed by atoms with E-state index in [1.54, 1.807) is 24.3 Å². The van der Waals surface area contributed by atoms with Gasteiger partial charge in [-0.05, 0) is 37.1 Å². The molecule has 13 heavy (non-hydrogen) atoms. The summed E-state index contributed by atoms with van der Waals surface area (Å²) in [6.07, 6.45) is 1.59. The minimum atomic E-state index is -3.04. The van der Waals surface area contributed by atoms with Gasteiger partial charge in [0.05, 0.1) is 10.1 Å². The number of rotatable bonds is 2. The van der Waals surface area contributed by atoms with Gasteiger partial charge in [0.2, 0.25) is 0 Å². The number of benzene rings is 1. The zero-order chi connectivity index (χ0) is 9.47. The highest BCUT2D eigenvalue weighted by Gasteiger charge is 2.36. The minimum absolute atomic E-state index is 0.145. The van der Waals surface area contributed by atoms with Gasteiger partial charge in [-0.2, -0.15) is 0 Å². The molecule has 0 radical (unpaired) electrons. The van der Waals surface area contributed by atoms with E-state index in [0.29, 0.717) is 9.92 Å². The van der Waals surface area contributed by atoms with Crippen molar-refractivity contribution in [3.05, 3.63) is 29.3 Å². The van der Waals surface area contributed by atoms with Crippen molar-refractivity contribution in [2.45, 2.75) is 23.0 Å². The van der Waals surface area contributed by atoms with Gasteiger partial charge < -0.3 is 0 Å². The van der Waals surface area contributed by atoms with Crippen LogP contribution in [0.5, 0.6) is 0 Å². The topological polar surface area (TPSA) is 34.1 Å². The van der Waals surface area contributed by atoms with Gasteiger partial charge in [0.25, 0.3) is 0 Å². The summed E-state index contributed by atoms with van der Waals surface area (Å²) in [5.74, 6) is 0. The fraction of sp³-hybridized carbons (Fsp3) is 0.333. The van der Waals surface area contributed by atoms with E-state index in [1.165, 1.54) is 0 Å². The van der Waals surface area contributed by atoms with Crippen molar-refractivity contribution in [3.63, 3.8) is 0 Å². The van der Waals surface area contributed by atoms with Crippen LogP contribution in [0, 0.1) is 0 Å². The van der Waals surface area contributed by atoms with Crippen LogP contribution >= 0.6 is 11.6 Å². The Morgan fingerprint density at radius 3 is 2.15 bits per heavy atom. The molecule has 70 valence electrons. The molecule has 1 aromatic carbocycles. The van der Waals surface area contributed by atoms with Crippen molar-refractivity contribution in [3.8, 4) is 0 Å². The molecule has 1 aliphatic carbocycles. The molecule has 0 spiro atoms. The standard InChI is InChI=1S/C9H9ClO2S/c10-7-1-3-8(4-2-7)13(11,12)9-5-6-9/h1-4,9H,5-6H2. The fourth-order valence-electron chi connectivity index (χ4n) is 1.20. The smallest absolute Gasteiger partial charge is 0.181 e. The van der Waals surface area contributed by atoms with Crippen molar-refractivity contribution in [1.82, 2.24) is 0 Å². The van der Waals surface area contributed by atoms with Gasteiger partial charge in [-0.15, -0.1) is 0 Å². The molecule has 0 atom stereocenters. The first kappa shape index (κ1) is 9.03. The van der Waals surface area contributed by atoms with Crippen LogP contribution in [0.2, 0.25) is 5.02 Å². The van der Waals surface area contributed by atoms with E-state index >= 15 is 0 Å². The molecular weight excluding hydrogens is 208 g/mol. The molecule has 0 bridgehead atoms. The lowest BCUT2D eigenvalue weighted by Gasteiger charge is -2.01. The Morgan fingerprint density at radius 1 is 1.15 bits per heavy atom. The summed E-state index contributed by atoms with van der Waals surface area (Å²) >= 11 is 5.66. The van der Waals surface area contributed by atoms with Crippen LogP contribution in [0.25, 0.3) is 0 Å². The number of hydrogen-bond acceptors (Lipinski definition) is 2. The second-order valence-corrected chi connectivity index (χ2v) is 5.86. The Balaban J connectivity index is 2.40. The van der Waals surface area contributed by atoms with E-state index in [1.807, 2.05) is 0 Å². The number of sulfone groups is 1. The van der Waals surface area contributed by atoms with E-state index in [2.05, 4.69) is 0 Å². The van der Waals surface area contributed by atoms with Gasteiger partial charge in [0.15, 0.2) is 9.84 Å². The van der Waals surface area contributed by atoms with Crippen molar-refractivity contribution in [2.75, 3.05) is 0 Å². The van der Waals surface area contributed by atoms with Crippen LogP contribution in [0.3, 0.4) is 0 Å². The molecule has 0 amide bonds. The third kappa shape index (κ3) is 1.71. The highest BCUT2D eigenvalue weighted by Crippen LogP contribution is 2.33. The van der Waals surface area contributed by atoms with E-state index in [4.69, 9.17) is 11.6 Å². The second kappa shape index (κ2) is 3.00. The predicted molar refractivity (Wildman–Crippen MR) is 51.7 cm³/mol. The van der Waals surface area contributed by atoms with E-state index < -0.39 is 9.84 Å². The largest absolute Gasteiger partial charge is 0.223 e. The SMILES string of the molecule is O=S(=O)(c1ccc(Cl)cc1)C1CC1. The molecule has 0 unspecified atom stereocenters. The predicted octanol–water partition coefficient (Wildman–Crippen LogP) is 2.28. The highest BCUT2D eigenvalue weighted by atomic mass is 35.5. The molecular formula is C9H9ClO2S. The zero-order valence-corrected chi connectivity index (χ0v) is 8.48. The van der Waals surface area contributed by atoms with E-state index in [9.17, 15) is 8.42 Å². The first-order valence-corrected chi connectivity index (χ1v) is 6.02. The third-order valence-corrected chi connectivity index (χ3v) is 4.64. The Morgan fingerprint density at radius 2 is 1.69 bits per heavy atom. The minimum Gasteiger partial charge on any atom is -0.223 e. The number of hydrogen-bond donors (Lipinski definition) is 0. The zero-order valence-electron chi connectivity index (χ0n) is 6.90. The average molecular weight is 217 g/mol. The van der Waals surface area contributed by atoms with Crippen LogP contribution in [0.1, 0.15) is 12.8 Å². The van der Waals surface area contributed by atoms with Gasteiger partial charge >= 0.3 is 0 Å². The molecule has 0 N–H and O–H groups in total. The Labute approximate surface area is 82.4 Å². The van der Waals surface area contributed by atoms with Gasteiger partial charge in [-0.25, -0.2) is 8.42 Å². The summed E-state index contributed by atoms with van der Waals surface area (Å²) in [6.45, 7) is 0. The lowest BCUT2D eigenvalue weighted by atomic mass is 10.4. The maximum Gasteiger partial charge on any atom is 0.181 e. The van der Waals surface area contributed by atoms with Crippen LogP contribution in [-0.2, 0) is 9.84 Å². The molecule has 2 nitrogen and oxygen atoms in total. The Hall–Kier alpha value is -0.540. The summed E-state index contributed by atoms with van der Waals surface area (Å²) < 4.78 is 23.3. The van der Waals surface area contributed by atoms with Gasteiger partial charge in [-0.1, -0.05) is 11.6 Å². The molecule has 4 heteroatoms. The van der Waals surface area contributed by atoms with E-state index in [0.717, 1.165) is 12.8 Å². The van der Waals surface area contributed by atoms with Gasteiger partial charge in [0, 0.05) is 5.02 Å². The normalized spacial score (nSPS) is 17.3. The highest BCUT2D eigenvalue weighted by molar-refractivity contribution is 7.92. The van der Waals surface area contributed by atoms with Crippen molar-refractivity contribution < 1.29 is 8.42 Å². The van der Waals surface area contributed by atoms with Crippen LogP contribution in [-0.4, -0.2) is 13.7 Å². The van der Waals surface area contributed by atoms with Crippen molar-refractivity contribution in [2.24, 2.45) is 0 Å². The summed E-state index contributed by atoms with van der Waals surface area (Å²) in [7, 11) is -3.04. The van der Waals surface area contributed by atoms with Crippen LogP contribution in [0.15, 0.2) is 29.2 Å². The van der Waals surface area contributed by atoms with Crippen LogP contribution < -0.4 is 0 Å². The summed E-state index contributed by atoms with van der Waals surface area (Å²) in [5, 5.41) is 0.420. The first-order valence-electron chi connectivity index (χ1n) is 4.10. The van der Waals surface area contributed by atoms with Crippen molar-refractivity contribution in [1.29, 1.82) is 0 Å². The van der Waals surface area contributed by atoms with Gasteiger partial charge in [-0.3, -0.25) is 0 Å². The molecule has 0 aliphatic heterocycles. The van der Waals surface area contributed by atoms with Crippen molar-refractivity contribution >= 4 is 21.4 Å². The monoisotopic (exact) mass is 216 g/mol. The molecule has 1 saturated carbocycles. The second-order valence-electron chi connectivity index (χ2n) is 3.20. The fourth-order valence-corrected chi connectivity index (χ4v) is 2.98. The van der Waals surface area contributed by atoms with Crippen LogP contribution in [0.4, 0.5) is 0 Å². The quantitative estimate of drug-likeness (QED) is 0.760. The molecule has 0 heterocycles. The van der Waals surface area contributed by atoms with E-state index in [-0.39, 0.29) is 5.25 Å². The average Bonchev–Trinajstić information content (AvgIpc) is 2.87. The molecule has 0 saturated heterocycles. The molecule has 1 fully saturated rings. The van der Waals surface area contributed by atoms with Gasteiger partial charge in [0.1, 0.15) is 0 Å². The Kier molecular flexibility index (Phi) is 2.08. The molecule has 2 rings (SSSR count). The maximum absolute atomic E-state index is 11.7. The molecule has 0 aromatic heterocycles. The summed E-state index contributed by atoms with van der Waals surface area (Å²) in [6, 6.07) is 6.35.